The van der Waals surface area contributed by atoms with Gasteiger partial charge >= 0.3 is 0 Å². The van der Waals surface area contributed by atoms with Crippen LogP contribution in [-0.4, -0.2) is 6.54 Å². The Bertz CT molecular complexity index is 599. The van der Waals surface area contributed by atoms with Crippen LogP contribution in [0.1, 0.15) is 5.56 Å². The molecule has 1 nitrogen and oxygen atoms in total. The molecule has 0 bridgehead atoms. The number of fused-ring (bicyclic) bond motifs is 1. The van der Waals surface area contributed by atoms with Crippen LogP contribution in [0, 0.1) is 0 Å². The maximum atomic E-state index is 6.24. The van der Waals surface area contributed by atoms with Crippen molar-refractivity contribution in [3.63, 3.8) is 0 Å². The number of benzene rings is 2. The number of anilines is 1. The van der Waals surface area contributed by atoms with Crippen molar-refractivity contribution in [1.82, 2.24) is 0 Å². The van der Waals surface area contributed by atoms with Gasteiger partial charge in [-0.2, -0.15) is 0 Å². The highest BCUT2D eigenvalue weighted by atomic mass is 35.5. The minimum atomic E-state index is 0.552. The van der Waals surface area contributed by atoms with Crippen LogP contribution in [0.2, 0.25) is 15.1 Å². The molecule has 4 heteroatoms. The Morgan fingerprint density at radius 2 is 1.67 bits per heavy atom. The molecule has 0 aromatic heterocycles. The third kappa shape index (κ3) is 2.07. The Morgan fingerprint density at radius 3 is 2.39 bits per heavy atom. The van der Waals surface area contributed by atoms with E-state index in [9.17, 15) is 0 Å². The highest BCUT2D eigenvalue weighted by molar-refractivity contribution is 6.41. The summed E-state index contributed by atoms with van der Waals surface area (Å²) in [6.07, 6.45) is 1.03. The third-order valence-electron chi connectivity index (χ3n) is 3.11. The standard InChI is InChI=1S/C14H10Cl3N/c15-10-6-11(16)14(12(17)7-10)9-1-2-13-8(5-9)3-4-18-13/h1-2,5-7,18H,3-4H2. The third-order valence-corrected chi connectivity index (χ3v) is 3.92. The lowest BCUT2D eigenvalue weighted by atomic mass is 10.0. The van der Waals surface area contributed by atoms with Gasteiger partial charge in [0.15, 0.2) is 0 Å². The van der Waals surface area contributed by atoms with Crippen LogP contribution in [-0.2, 0) is 6.42 Å². The maximum Gasteiger partial charge on any atom is 0.0514 e. The van der Waals surface area contributed by atoms with Crippen molar-refractivity contribution in [3.05, 3.63) is 51.0 Å². The van der Waals surface area contributed by atoms with Crippen molar-refractivity contribution in [1.29, 1.82) is 0 Å². The molecule has 2 aromatic carbocycles. The summed E-state index contributed by atoms with van der Waals surface area (Å²) in [5.41, 5.74) is 4.37. The average molecular weight is 299 g/mol. The van der Waals surface area contributed by atoms with Crippen LogP contribution in [0.15, 0.2) is 30.3 Å². The molecule has 1 aliphatic rings. The van der Waals surface area contributed by atoms with Gasteiger partial charge in [0.05, 0.1) is 10.0 Å². The molecular weight excluding hydrogens is 289 g/mol. The largest absolute Gasteiger partial charge is 0.384 e. The van der Waals surface area contributed by atoms with E-state index >= 15 is 0 Å². The highest BCUT2D eigenvalue weighted by Crippen LogP contribution is 2.39. The first-order valence-electron chi connectivity index (χ1n) is 5.67. The lowest BCUT2D eigenvalue weighted by molar-refractivity contribution is 1.11. The normalized spacial score (nSPS) is 13.3. The van der Waals surface area contributed by atoms with E-state index < -0.39 is 0 Å². The molecule has 0 spiro atoms. The van der Waals surface area contributed by atoms with Crippen molar-refractivity contribution in [2.75, 3.05) is 11.9 Å². The monoisotopic (exact) mass is 297 g/mol. The first kappa shape index (κ1) is 12.2. The Morgan fingerprint density at radius 1 is 0.944 bits per heavy atom. The van der Waals surface area contributed by atoms with Crippen molar-refractivity contribution >= 4 is 40.5 Å². The zero-order valence-corrected chi connectivity index (χ0v) is 11.7. The fourth-order valence-electron chi connectivity index (χ4n) is 2.28. The Kier molecular flexibility index (Phi) is 3.14. The summed E-state index contributed by atoms with van der Waals surface area (Å²) in [6.45, 7) is 0.987. The minimum absolute atomic E-state index is 0.552. The van der Waals surface area contributed by atoms with E-state index in [1.807, 2.05) is 6.07 Å². The van der Waals surface area contributed by atoms with Crippen LogP contribution in [0.3, 0.4) is 0 Å². The number of hydrogen-bond donors (Lipinski definition) is 1. The summed E-state index contributed by atoms with van der Waals surface area (Å²) in [7, 11) is 0. The lowest BCUT2D eigenvalue weighted by Gasteiger charge is -2.10. The molecule has 2 aromatic rings. The molecule has 0 amide bonds. The molecule has 0 unspecified atom stereocenters. The average Bonchev–Trinajstić information content (AvgIpc) is 2.74. The van der Waals surface area contributed by atoms with Gasteiger partial charge < -0.3 is 5.32 Å². The lowest BCUT2D eigenvalue weighted by Crippen LogP contribution is -1.90. The van der Waals surface area contributed by atoms with Crippen LogP contribution in [0.25, 0.3) is 11.1 Å². The molecule has 0 saturated carbocycles. The smallest absolute Gasteiger partial charge is 0.0514 e. The van der Waals surface area contributed by atoms with Crippen molar-refractivity contribution in [2.45, 2.75) is 6.42 Å². The maximum absolute atomic E-state index is 6.24. The van der Waals surface area contributed by atoms with Crippen molar-refractivity contribution < 1.29 is 0 Å². The highest BCUT2D eigenvalue weighted by Gasteiger charge is 2.14. The molecule has 0 fully saturated rings. The molecule has 0 atom stereocenters. The van der Waals surface area contributed by atoms with E-state index in [0.717, 1.165) is 24.1 Å². The first-order chi connectivity index (χ1) is 8.65. The van der Waals surface area contributed by atoms with Crippen LogP contribution >= 0.6 is 34.8 Å². The molecule has 3 rings (SSSR count). The van der Waals surface area contributed by atoms with Crippen molar-refractivity contribution in [2.24, 2.45) is 0 Å². The van der Waals surface area contributed by atoms with Gasteiger partial charge in [-0.05, 0) is 41.8 Å². The molecule has 1 heterocycles. The Hall–Kier alpha value is -0.890. The summed E-state index contributed by atoms with van der Waals surface area (Å²) < 4.78 is 0. The van der Waals surface area contributed by atoms with E-state index in [4.69, 9.17) is 34.8 Å². The second-order valence-electron chi connectivity index (χ2n) is 4.29. The summed E-state index contributed by atoms with van der Waals surface area (Å²) >= 11 is 18.4. The van der Waals surface area contributed by atoms with E-state index in [0.29, 0.717) is 15.1 Å². The summed E-state index contributed by atoms with van der Waals surface area (Å²) in [5.74, 6) is 0. The van der Waals surface area contributed by atoms with Gasteiger partial charge in [0, 0.05) is 22.8 Å². The molecule has 0 aliphatic carbocycles. The van der Waals surface area contributed by atoms with E-state index in [-0.39, 0.29) is 0 Å². The molecule has 1 N–H and O–H groups in total. The minimum Gasteiger partial charge on any atom is -0.384 e. The van der Waals surface area contributed by atoms with Crippen LogP contribution < -0.4 is 5.32 Å². The summed E-state index contributed by atoms with van der Waals surface area (Å²) in [4.78, 5) is 0. The van der Waals surface area contributed by atoms with E-state index in [1.54, 1.807) is 12.1 Å². The molecular formula is C14H10Cl3N. The van der Waals surface area contributed by atoms with E-state index in [1.165, 1.54) is 11.3 Å². The molecule has 18 heavy (non-hydrogen) atoms. The Balaban J connectivity index is 2.16. The number of rotatable bonds is 1. The first-order valence-corrected chi connectivity index (χ1v) is 6.80. The number of halogens is 3. The van der Waals surface area contributed by atoms with Gasteiger partial charge in [-0.25, -0.2) is 0 Å². The molecule has 0 saturated heterocycles. The van der Waals surface area contributed by atoms with E-state index in [2.05, 4.69) is 17.4 Å². The van der Waals surface area contributed by atoms with Gasteiger partial charge in [-0.1, -0.05) is 40.9 Å². The summed E-state index contributed by atoms with van der Waals surface area (Å²) in [5, 5.41) is 5.05. The van der Waals surface area contributed by atoms with Crippen molar-refractivity contribution in [3.8, 4) is 11.1 Å². The fourth-order valence-corrected chi connectivity index (χ4v) is 3.31. The zero-order chi connectivity index (χ0) is 12.7. The molecule has 92 valence electrons. The predicted octanol–water partition coefficient (Wildman–Crippen LogP) is 5.28. The van der Waals surface area contributed by atoms with Gasteiger partial charge in [-0.15, -0.1) is 0 Å². The SMILES string of the molecule is Clc1cc(Cl)c(-c2ccc3c(c2)CCN3)c(Cl)c1. The van der Waals surface area contributed by atoms with Gasteiger partial charge in [0.1, 0.15) is 0 Å². The Labute approximate surface area is 121 Å². The van der Waals surface area contributed by atoms with Crippen LogP contribution in [0.4, 0.5) is 5.69 Å². The zero-order valence-electron chi connectivity index (χ0n) is 9.43. The predicted molar refractivity (Wildman–Crippen MR) is 79.1 cm³/mol. The number of hydrogen-bond acceptors (Lipinski definition) is 1. The second-order valence-corrected chi connectivity index (χ2v) is 5.54. The molecule has 1 aliphatic heterocycles. The fraction of sp³-hybridized carbons (Fsp3) is 0.143. The van der Waals surface area contributed by atoms with Gasteiger partial charge in [-0.3, -0.25) is 0 Å². The second kappa shape index (κ2) is 4.65. The van der Waals surface area contributed by atoms with Crippen LogP contribution in [0.5, 0.6) is 0 Å². The number of nitrogens with one attached hydrogen (secondary N) is 1. The van der Waals surface area contributed by atoms with Gasteiger partial charge in [0.2, 0.25) is 0 Å². The topological polar surface area (TPSA) is 12.0 Å². The quantitative estimate of drug-likeness (QED) is 0.755. The molecule has 0 radical (unpaired) electrons. The van der Waals surface area contributed by atoms with Gasteiger partial charge in [0.25, 0.3) is 0 Å². The summed E-state index contributed by atoms with van der Waals surface area (Å²) in [6, 6.07) is 9.67.